The summed E-state index contributed by atoms with van der Waals surface area (Å²) in [5, 5.41) is 3.72. The molecule has 3 aromatic heterocycles. The molecule has 9 heteroatoms. The van der Waals surface area contributed by atoms with Crippen LogP contribution in [0.1, 0.15) is 20.9 Å². The summed E-state index contributed by atoms with van der Waals surface area (Å²) in [6, 6.07) is 1.54. The predicted molar refractivity (Wildman–Crippen MR) is 80.7 cm³/mol. The first-order valence-corrected chi connectivity index (χ1v) is 7.98. The van der Waals surface area contributed by atoms with E-state index in [1.165, 1.54) is 15.6 Å². The van der Waals surface area contributed by atoms with E-state index in [0.717, 1.165) is 11.3 Å². The van der Waals surface area contributed by atoms with Crippen LogP contribution >= 0.6 is 22.9 Å². The van der Waals surface area contributed by atoms with Crippen LogP contribution in [0.15, 0.2) is 18.5 Å². The molecule has 4 heterocycles. The summed E-state index contributed by atoms with van der Waals surface area (Å²) in [4.78, 5) is 18.7. The summed E-state index contributed by atoms with van der Waals surface area (Å²) in [6.45, 7) is 0.440. The Kier molecular flexibility index (Phi) is 3.31. The van der Waals surface area contributed by atoms with E-state index in [1.807, 2.05) is 0 Å². The number of aromatic nitrogens is 3. The van der Waals surface area contributed by atoms with Crippen molar-refractivity contribution in [1.82, 2.24) is 19.5 Å². The van der Waals surface area contributed by atoms with E-state index >= 15 is 0 Å². The van der Waals surface area contributed by atoms with Crippen molar-refractivity contribution < 1.29 is 13.6 Å². The molecule has 0 fully saturated rings. The molecule has 0 aliphatic carbocycles. The normalized spacial score (nSPS) is 14.3. The molecule has 23 heavy (non-hydrogen) atoms. The summed E-state index contributed by atoms with van der Waals surface area (Å²) in [7, 11) is 0. The van der Waals surface area contributed by atoms with E-state index in [4.69, 9.17) is 11.6 Å². The molecule has 3 aromatic rings. The molecule has 0 spiro atoms. The number of fused-ring (bicyclic) bond motifs is 2. The zero-order valence-electron chi connectivity index (χ0n) is 11.6. The number of carbonyl (C=O) groups excluding carboxylic acids is 1. The van der Waals surface area contributed by atoms with Crippen LogP contribution < -0.4 is 0 Å². The number of rotatable bonds is 1. The van der Waals surface area contributed by atoms with Gasteiger partial charge in [-0.25, -0.2) is 13.9 Å². The first kappa shape index (κ1) is 14.5. The first-order chi connectivity index (χ1) is 11.0. The van der Waals surface area contributed by atoms with Crippen molar-refractivity contribution in [2.45, 2.75) is 13.0 Å². The molecule has 0 unspecified atom stereocenters. The van der Waals surface area contributed by atoms with E-state index < -0.39 is 10.9 Å². The lowest BCUT2D eigenvalue weighted by Gasteiger charge is -2.26. The average Bonchev–Trinajstić information content (AvgIpc) is 3.08. The van der Waals surface area contributed by atoms with Gasteiger partial charge in [0, 0.05) is 29.2 Å². The molecular formula is C14H9ClF2N4OS. The molecule has 0 atom stereocenters. The first-order valence-electron chi connectivity index (χ1n) is 6.78. The molecule has 118 valence electrons. The zero-order valence-corrected chi connectivity index (χ0v) is 13.2. The van der Waals surface area contributed by atoms with Gasteiger partial charge >= 0.3 is 0 Å². The second-order valence-corrected chi connectivity index (χ2v) is 6.66. The van der Waals surface area contributed by atoms with Crippen molar-refractivity contribution >= 4 is 34.5 Å². The molecule has 0 saturated heterocycles. The maximum Gasteiger partial charge on any atom is 0.274 e. The Bertz CT molecular complexity index is 938. The fourth-order valence-corrected chi connectivity index (χ4v) is 3.66. The third-order valence-electron chi connectivity index (χ3n) is 3.73. The Balaban J connectivity index is 1.65. The van der Waals surface area contributed by atoms with Gasteiger partial charge in [0.25, 0.3) is 5.91 Å². The van der Waals surface area contributed by atoms with Crippen LogP contribution in [0, 0.1) is 10.9 Å². The van der Waals surface area contributed by atoms with E-state index in [0.29, 0.717) is 28.5 Å². The average molecular weight is 355 g/mol. The number of nitrogens with zero attached hydrogens (tertiary/aromatic N) is 4. The number of thiophene rings is 1. The SMILES string of the molecule is O=C(c1cc2ncc(Cl)cn2n1)N1CCc2sc(F)c(F)c2C1. The molecule has 5 nitrogen and oxygen atoms in total. The molecule has 0 bridgehead atoms. The lowest BCUT2D eigenvalue weighted by Crippen LogP contribution is -2.36. The standard InChI is InChI=1S/C14H9ClF2N4OS/c15-7-4-18-11-3-9(19-21(11)5-7)14(22)20-2-1-10-8(6-20)12(16)13(17)23-10/h3-5H,1-2,6H2. The minimum Gasteiger partial charge on any atom is -0.332 e. The van der Waals surface area contributed by atoms with Gasteiger partial charge in [0.15, 0.2) is 17.2 Å². The predicted octanol–water partition coefficient (Wildman–Crippen LogP) is 2.92. The van der Waals surface area contributed by atoms with Crippen LogP contribution in [-0.2, 0) is 13.0 Å². The van der Waals surface area contributed by atoms with Gasteiger partial charge in [-0.3, -0.25) is 4.79 Å². The van der Waals surface area contributed by atoms with Gasteiger partial charge in [-0.1, -0.05) is 11.6 Å². The Morgan fingerprint density at radius 2 is 2.22 bits per heavy atom. The van der Waals surface area contributed by atoms with Crippen LogP contribution in [0.3, 0.4) is 0 Å². The molecule has 4 rings (SSSR count). The van der Waals surface area contributed by atoms with Gasteiger partial charge in [0.2, 0.25) is 5.13 Å². The highest BCUT2D eigenvalue weighted by Gasteiger charge is 2.29. The smallest absolute Gasteiger partial charge is 0.274 e. The third kappa shape index (κ3) is 2.38. The van der Waals surface area contributed by atoms with Gasteiger partial charge in [-0.05, 0) is 6.42 Å². The summed E-state index contributed by atoms with van der Waals surface area (Å²) in [6.07, 6.45) is 3.44. The van der Waals surface area contributed by atoms with Gasteiger partial charge in [-0.2, -0.15) is 9.49 Å². The minimum absolute atomic E-state index is 0.0441. The van der Waals surface area contributed by atoms with Crippen LogP contribution in [0.2, 0.25) is 5.02 Å². The quantitative estimate of drug-likeness (QED) is 0.675. The highest BCUT2D eigenvalue weighted by atomic mass is 35.5. The number of carbonyl (C=O) groups is 1. The number of halogens is 3. The fourth-order valence-electron chi connectivity index (χ4n) is 2.62. The van der Waals surface area contributed by atoms with Crippen molar-refractivity contribution in [2.24, 2.45) is 0 Å². The second-order valence-electron chi connectivity index (χ2n) is 5.17. The fraction of sp³-hybridized carbons (Fsp3) is 0.214. The Morgan fingerprint density at radius 1 is 1.39 bits per heavy atom. The molecule has 0 aromatic carbocycles. The van der Waals surface area contributed by atoms with E-state index in [-0.39, 0.29) is 23.7 Å². The summed E-state index contributed by atoms with van der Waals surface area (Å²) in [5.41, 5.74) is 0.944. The topological polar surface area (TPSA) is 50.5 Å². The Hall–Kier alpha value is -2.06. The van der Waals surface area contributed by atoms with Gasteiger partial charge < -0.3 is 4.90 Å². The molecule has 1 aliphatic rings. The van der Waals surface area contributed by atoms with Crippen molar-refractivity contribution in [1.29, 1.82) is 0 Å². The minimum atomic E-state index is -0.856. The number of hydrogen-bond donors (Lipinski definition) is 0. The Morgan fingerprint density at radius 3 is 3.04 bits per heavy atom. The summed E-state index contributed by atoms with van der Waals surface area (Å²) < 4.78 is 28.5. The highest BCUT2D eigenvalue weighted by molar-refractivity contribution is 7.10. The molecule has 0 saturated carbocycles. The van der Waals surface area contributed by atoms with E-state index in [2.05, 4.69) is 10.1 Å². The van der Waals surface area contributed by atoms with Crippen molar-refractivity contribution in [3.8, 4) is 0 Å². The summed E-state index contributed by atoms with van der Waals surface area (Å²) in [5.74, 6) is -1.20. The largest absolute Gasteiger partial charge is 0.332 e. The van der Waals surface area contributed by atoms with Gasteiger partial charge in [0.1, 0.15) is 0 Å². The van der Waals surface area contributed by atoms with Crippen LogP contribution in [0.5, 0.6) is 0 Å². The van der Waals surface area contributed by atoms with Crippen LogP contribution in [0.25, 0.3) is 5.65 Å². The van der Waals surface area contributed by atoms with Crippen molar-refractivity contribution in [3.05, 3.63) is 50.6 Å². The monoisotopic (exact) mass is 354 g/mol. The molecular weight excluding hydrogens is 346 g/mol. The maximum atomic E-state index is 13.7. The number of amides is 1. The van der Waals surface area contributed by atoms with Gasteiger partial charge in [0.05, 0.1) is 17.8 Å². The maximum absolute atomic E-state index is 13.7. The van der Waals surface area contributed by atoms with Gasteiger partial charge in [-0.15, -0.1) is 11.3 Å². The van der Waals surface area contributed by atoms with E-state index in [1.54, 1.807) is 12.3 Å². The second kappa shape index (κ2) is 5.24. The molecule has 0 N–H and O–H groups in total. The highest BCUT2D eigenvalue weighted by Crippen LogP contribution is 2.31. The van der Waals surface area contributed by atoms with Crippen molar-refractivity contribution in [3.63, 3.8) is 0 Å². The lowest BCUT2D eigenvalue weighted by atomic mass is 10.1. The molecule has 1 amide bonds. The third-order valence-corrected chi connectivity index (χ3v) is 4.98. The molecule has 1 aliphatic heterocycles. The van der Waals surface area contributed by atoms with Crippen LogP contribution in [-0.4, -0.2) is 31.9 Å². The Labute approximate surface area is 138 Å². The van der Waals surface area contributed by atoms with E-state index in [9.17, 15) is 13.6 Å². The van der Waals surface area contributed by atoms with Crippen LogP contribution in [0.4, 0.5) is 8.78 Å². The number of hydrogen-bond acceptors (Lipinski definition) is 4. The summed E-state index contributed by atoms with van der Waals surface area (Å²) >= 11 is 6.65. The zero-order chi connectivity index (χ0) is 16.1. The van der Waals surface area contributed by atoms with Crippen molar-refractivity contribution in [2.75, 3.05) is 6.54 Å². The lowest BCUT2D eigenvalue weighted by molar-refractivity contribution is 0.0727. The molecule has 0 radical (unpaired) electrons.